The Kier molecular flexibility index (Phi) is 6.46. The molecule has 0 spiro atoms. The van der Waals surface area contributed by atoms with Crippen molar-refractivity contribution in [2.75, 3.05) is 18.5 Å². The Balaban J connectivity index is 1.58. The van der Waals surface area contributed by atoms with Gasteiger partial charge in [-0.1, -0.05) is 50.6 Å². The lowest BCUT2D eigenvalue weighted by Crippen LogP contribution is -2.39. The van der Waals surface area contributed by atoms with Gasteiger partial charge in [0.2, 0.25) is 0 Å². The minimum Gasteiger partial charge on any atom is -0.461 e. The number of anilines is 1. The number of urea groups is 1. The molecular weight excluding hydrogens is 428 g/mol. The van der Waals surface area contributed by atoms with Crippen molar-refractivity contribution in [1.29, 1.82) is 0 Å². The Labute approximate surface area is 200 Å². The van der Waals surface area contributed by atoms with Crippen molar-refractivity contribution in [2.24, 2.45) is 0 Å². The van der Waals surface area contributed by atoms with E-state index in [1.54, 1.807) is 11.8 Å². The zero-order valence-electron chi connectivity index (χ0n) is 20.5. The van der Waals surface area contributed by atoms with Crippen molar-refractivity contribution in [2.45, 2.75) is 53.0 Å². The molecule has 0 atom stereocenters. The van der Waals surface area contributed by atoms with Crippen molar-refractivity contribution in [3.8, 4) is 5.69 Å². The van der Waals surface area contributed by atoms with Gasteiger partial charge in [-0.3, -0.25) is 0 Å². The lowest BCUT2D eigenvalue weighted by atomic mass is 9.87. The average molecular weight is 461 g/mol. The monoisotopic (exact) mass is 460 g/mol. The van der Waals surface area contributed by atoms with E-state index in [1.807, 2.05) is 60.1 Å². The number of esters is 1. The summed E-state index contributed by atoms with van der Waals surface area (Å²) < 4.78 is 7.07. The van der Waals surface area contributed by atoms with Crippen LogP contribution in [-0.2, 0) is 23.1 Å². The smallest absolute Gasteiger partial charge is 0.359 e. The summed E-state index contributed by atoms with van der Waals surface area (Å²) in [5, 5.41) is 7.59. The van der Waals surface area contributed by atoms with Crippen LogP contribution in [0.25, 0.3) is 5.69 Å². The second-order valence-corrected chi connectivity index (χ2v) is 9.67. The molecule has 2 aromatic carbocycles. The number of amides is 2. The van der Waals surface area contributed by atoms with Crippen molar-refractivity contribution in [1.82, 2.24) is 14.7 Å². The van der Waals surface area contributed by atoms with Crippen molar-refractivity contribution in [3.05, 3.63) is 76.6 Å². The van der Waals surface area contributed by atoms with E-state index in [9.17, 15) is 9.59 Å². The molecule has 0 radical (unpaired) electrons. The molecule has 0 aliphatic carbocycles. The first kappa shape index (κ1) is 23.5. The first-order valence-corrected chi connectivity index (χ1v) is 11.7. The average Bonchev–Trinajstić information content (AvgIpc) is 3.18. The topological polar surface area (TPSA) is 76.5 Å². The molecule has 1 aromatic heterocycles. The third kappa shape index (κ3) is 4.83. The summed E-state index contributed by atoms with van der Waals surface area (Å²) in [4.78, 5) is 27.4. The molecule has 1 N–H and O–H groups in total. The van der Waals surface area contributed by atoms with Crippen LogP contribution in [0.15, 0.2) is 48.5 Å². The van der Waals surface area contributed by atoms with Gasteiger partial charge in [-0.05, 0) is 49.1 Å². The number of hydrogen-bond donors (Lipinski definition) is 1. The van der Waals surface area contributed by atoms with E-state index < -0.39 is 5.97 Å². The van der Waals surface area contributed by atoms with E-state index in [-0.39, 0.29) is 23.7 Å². The van der Waals surface area contributed by atoms with Crippen LogP contribution in [0.1, 0.15) is 60.6 Å². The molecule has 178 valence electrons. The molecule has 3 aromatic rings. The van der Waals surface area contributed by atoms with E-state index in [1.165, 1.54) is 5.56 Å². The molecule has 34 heavy (non-hydrogen) atoms. The maximum absolute atomic E-state index is 13.1. The van der Waals surface area contributed by atoms with E-state index >= 15 is 0 Å². The van der Waals surface area contributed by atoms with Gasteiger partial charge < -0.3 is 15.0 Å². The minimum atomic E-state index is -0.468. The van der Waals surface area contributed by atoms with Gasteiger partial charge in [0.1, 0.15) is 0 Å². The number of nitrogens with zero attached hydrogens (tertiary/aromatic N) is 3. The maximum Gasteiger partial charge on any atom is 0.359 e. The summed E-state index contributed by atoms with van der Waals surface area (Å²) in [5.41, 5.74) is 5.97. The fourth-order valence-corrected chi connectivity index (χ4v) is 4.11. The molecule has 2 heterocycles. The van der Waals surface area contributed by atoms with Crippen molar-refractivity contribution < 1.29 is 14.3 Å². The second kappa shape index (κ2) is 9.33. The van der Waals surface area contributed by atoms with Gasteiger partial charge in [0.05, 0.1) is 24.5 Å². The van der Waals surface area contributed by atoms with E-state index in [0.717, 1.165) is 28.2 Å². The number of carbonyl (C=O) groups is 2. The molecule has 4 rings (SSSR count). The van der Waals surface area contributed by atoms with Gasteiger partial charge in [0.15, 0.2) is 5.69 Å². The molecule has 7 heteroatoms. The number of aromatic nitrogens is 2. The van der Waals surface area contributed by atoms with E-state index in [2.05, 4.69) is 31.2 Å². The Morgan fingerprint density at radius 1 is 1.06 bits per heavy atom. The molecule has 0 bridgehead atoms. The SMILES string of the molecule is CCOC(=O)c1nn(-c2ccc(C)cc2)c2c1CN(C(=O)Nc1ccc(C(C)(C)C)cc1)CC2. The van der Waals surface area contributed by atoms with Gasteiger partial charge >= 0.3 is 12.0 Å². The number of hydrogen-bond acceptors (Lipinski definition) is 4. The lowest BCUT2D eigenvalue weighted by Gasteiger charge is -2.28. The summed E-state index contributed by atoms with van der Waals surface area (Å²) in [6.45, 7) is 11.3. The number of benzene rings is 2. The molecular formula is C27H32N4O3. The quantitative estimate of drug-likeness (QED) is 0.540. The molecule has 0 saturated heterocycles. The zero-order valence-corrected chi connectivity index (χ0v) is 20.5. The normalized spacial score (nSPS) is 13.4. The first-order chi connectivity index (χ1) is 16.2. The number of fused-ring (bicyclic) bond motifs is 1. The molecule has 0 saturated carbocycles. The summed E-state index contributed by atoms with van der Waals surface area (Å²) >= 11 is 0. The van der Waals surface area contributed by atoms with Gasteiger partial charge in [-0.2, -0.15) is 5.10 Å². The number of carbonyl (C=O) groups excluding carboxylic acids is 2. The van der Waals surface area contributed by atoms with Gasteiger partial charge in [-0.15, -0.1) is 0 Å². The Morgan fingerprint density at radius 3 is 2.35 bits per heavy atom. The predicted octanol–water partition coefficient (Wildman–Crippen LogP) is 5.25. The largest absolute Gasteiger partial charge is 0.461 e. The van der Waals surface area contributed by atoms with Crippen LogP contribution in [0, 0.1) is 6.92 Å². The Hall–Kier alpha value is -3.61. The van der Waals surface area contributed by atoms with Crippen LogP contribution in [0.2, 0.25) is 0 Å². The number of aryl methyl sites for hydroxylation is 1. The van der Waals surface area contributed by atoms with Crippen LogP contribution in [0.3, 0.4) is 0 Å². The van der Waals surface area contributed by atoms with Crippen LogP contribution in [0.4, 0.5) is 10.5 Å². The molecule has 0 fully saturated rings. The highest BCUT2D eigenvalue weighted by Crippen LogP contribution is 2.27. The van der Waals surface area contributed by atoms with Crippen molar-refractivity contribution in [3.63, 3.8) is 0 Å². The predicted molar refractivity (Wildman–Crippen MR) is 133 cm³/mol. The minimum absolute atomic E-state index is 0.0485. The maximum atomic E-state index is 13.1. The zero-order chi connectivity index (χ0) is 24.5. The third-order valence-corrected chi connectivity index (χ3v) is 6.09. The second-order valence-electron chi connectivity index (χ2n) is 9.67. The first-order valence-electron chi connectivity index (χ1n) is 11.7. The standard InChI is InChI=1S/C27H32N4O3/c1-6-34-25(32)24-22-17-30(26(33)28-20-11-9-19(10-12-20)27(3,4)5)16-15-23(22)31(29-24)21-13-7-18(2)8-14-21/h7-14H,6,15-17H2,1-5H3,(H,28,33). The summed E-state index contributed by atoms with van der Waals surface area (Å²) in [5.74, 6) is -0.468. The highest BCUT2D eigenvalue weighted by Gasteiger charge is 2.31. The summed E-state index contributed by atoms with van der Waals surface area (Å²) in [6.07, 6.45) is 0.589. The highest BCUT2D eigenvalue weighted by atomic mass is 16.5. The van der Waals surface area contributed by atoms with E-state index in [0.29, 0.717) is 19.5 Å². The summed E-state index contributed by atoms with van der Waals surface area (Å²) in [6, 6.07) is 15.7. The molecule has 2 amide bonds. The van der Waals surface area contributed by atoms with Crippen LogP contribution in [0.5, 0.6) is 0 Å². The third-order valence-electron chi connectivity index (χ3n) is 6.09. The van der Waals surface area contributed by atoms with Gasteiger partial charge in [-0.25, -0.2) is 14.3 Å². The highest BCUT2D eigenvalue weighted by molar-refractivity contribution is 5.91. The fraction of sp³-hybridized carbons (Fsp3) is 0.370. The molecule has 0 unspecified atom stereocenters. The van der Waals surface area contributed by atoms with Crippen LogP contribution < -0.4 is 5.32 Å². The fourth-order valence-electron chi connectivity index (χ4n) is 4.11. The summed E-state index contributed by atoms with van der Waals surface area (Å²) in [7, 11) is 0. The molecule has 7 nitrogen and oxygen atoms in total. The van der Waals surface area contributed by atoms with Gasteiger partial charge in [0, 0.05) is 24.2 Å². The lowest BCUT2D eigenvalue weighted by molar-refractivity contribution is 0.0516. The number of ether oxygens (including phenoxy) is 1. The van der Waals surface area contributed by atoms with Crippen LogP contribution >= 0.6 is 0 Å². The number of rotatable bonds is 4. The number of nitrogens with one attached hydrogen (secondary N) is 1. The molecule has 1 aliphatic heterocycles. The molecule has 1 aliphatic rings. The van der Waals surface area contributed by atoms with Crippen molar-refractivity contribution >= 4 is 17.7 Å². The van der Waals surface area contributed by atoms with Gasteiger partial charge in [0.25, 0.3) is 0 Å². The Morgan fingerprint density at radius 2 is 1.74 bits per heavy atom. The Bertz CT molecular complexity index is 1190. The van der Waals surface area contributed by atoms with E-state index in [4.69, 9.17) is 4.74 Å². The van der Waals surface area contributed by atoms with Crippen LogP contribution in [-0.4, -0.2) is 39.8 Å².